The van der Waals surface area contributed by atoms with E-state index in [1.807, 2.05) is 42.8 Å². The molecule has 2 aromatic rings. The van der Waals surface area contributed by atoms with Gasteiger partial charge in [0.15, 0.2) is 5.78 Å². The van der Waals surface area contributed by atoms with Crippen molar-refractivity contribution in [2.75, 3.05) is 19.6 Å². The fourth-order valence-electron chi connectivity index (χ4n) is 2.64. The van der Waals surface area contributed by atoms with Crippen LogP contribution in [0.15, 0.2) is 58.8 Å². The molecule has 0 radical (unpaired) electrons. The van der Waals surface area contributed by atoms with Gasteiger partial charge in [-0.05, 0) is 35.8 Å². The van der Waals surface area contributed by atoms with Gasteiger partial charge in [0.1, 0.15) is 5.75 Å². The topological polar surface area (TPSA) is 66.8 Å². The zero-order valence-corrected chi connectivity index (χ0v) is 17.7. The summed E-state index contributed by atoms with van der Waals surface area (Å²) in [5, 5.41) is 9.55. The van der Waals surface area contributed by atoms with Crippen molar-refractivity contribution in [3.8, 4) is 5.75 Å². The van der Waals surface area contributed by atoms with Crippen LogP contribution in [-0.2, 0) is 13.1 Å². The molecule has 0 heterocycles. The molecule has 7 heteroatoms. The highest BCUT2D eigenvalue weighted by Crippen LogP contribution is 2.27. The van der Waals surface area contributed by atoms with Crippen molar-refractivity contribution in [2.45, 2.75) is 13.1 Å². The zero-order valence-electron chi connectivity index (χ0n) is 16.0. The summed E-state index contributed by atoms with van der Waals surface area (Å²) in [7, 11) is 1.50. The molecule has 5 nitrogen and oxygen atoms in total. The maximum Gasteiger partial charge on any atom is 0.407 e. The Morgan fingerprint density at radius 2 is 1.68 bits per heavy atom. The molecule has 0 saturated carbocycles. The lowest BCUT2D eigenvalue weighted by atomic mass is 10.1. The summed E-state index contributed by atoms with van der Waals surface area (Å²) in [6, 6.07) is 14.6. The predicted molar refractivity (Wildman–Crippen MR) is 116 cm³/mol. The molecule has 0 aliphatic heterocycles. The van der Waals surface area contributed by atoms with Gasteiger partial charge in [-0.2, -0.15) is 0 Å². The number of rotatable bonds is 9. The van der Waals surface area contributed by atoms with Crippen LogP contribution in [0.4, 0.5) is 4.79 Å². The molecule has 0 aromatic heterocycles. The van der Waals surface area contributed by atoms with Crippen molar-refractivity contribution in [1.29, 1.82) is 0 Å². The summed E-state index contributed by atoms with van der Waals surface area (Å²) in [6.45, 7) is 0.485. The van der Waals surface area contributed by atoms with E-state index in [9.17, 15) is 14.7 Å². The van der Waals surface area contributed by atoms with E-state index < -0.39 is 6.09 Å². The minimum absolute atomic E-state index is 0.138. The van der Waals surface area contributed by atoms with E-state index in [2.05, 4.69) is 0 Å². The van der Waals surface area contributed by atoms with Crippen LogP contribution in [0, 0.1) is 0 Å². The minimum Gasteiger partial charge on any atom is -0.496 e. The number of ether oxygens (including phenoxy) is 1. The number of ketones is 1. The molecule has 0 atom stereocenters. The number of thioether (sulfide) groups is 2. The molecule has 148 valence electrons. The smallest absolute Gasteiger partial charge is 0.407 e. The van der Waals surface area contributed by atoms with Crippen LogP contribution in [0.2, 0.25) is 0 Å². The molecule has 2 aromatic carbocycles. The van der Waals surface area contributed by atoms with Gasteiger partial charge in [0, 0.05) is 23.4 Å². The van der Waals surface area contributed by atoms with Crippen LogP contribution >= 0.6 is 23.5 Å². The van der Waals surface area contributed by atoms with Gasteiger partial charge in [0.2, 0.25) is 0 Å². The Hall–Kier alpha value is -2.38. The molecule has 0 unspecified atom stereocenters. The van der Waals surface area contributed by atoms with Gasteiger partial charge in [-0.15, -0.1) is 23.5 Å². The molecule has 0 spiro atoms. The summed E-state index contributed by atoms with van der Waals surface area (Å²) in [6.07, 6.45) is 4.42. The van der Waals surface area contributed by atoms with E-state index in [0.29, 0.717) is 11.3 Å². The molecule has 1 N–H and O–H groups in total. The van der Waals surface area contributed by atoms with E-state index in [-0.39, 0.29) is 18.9 Å². The largest absolute Gasteiger partial charge is 0.496 e. The average molecular weight is 418 g/mol. The summed E-state index contributed by atoms with van der Waals surface area (Å²) in [5.41, 5.74) is 2.12. The van der Waals surface area contributed by atoms with Crippen LogP contribution in [0.3, 0.4) is 0 Å². The van der Waals surface area contributed by atoms with E-state index in [1.165, 1.54) is 35.5 Å². The van der Waals surface area contributed by atoms with E-state index in [1.54, 1.807) is 24.3 Å². The van der Waals surface area contributed by atoms with Gasteiger partial charge in [0.05, 0.1) is 12.7 Å². The van der Waals surface area contributed by atoms with E-state index in [4.69, 9.17) is 4.74 Å². The molecular formula is C21H23NO4S2. The maximum absolute atomic E-state index is 12.5. The van der Waals surface area contributed by atoms with Gasteiger partial charge in [-0.25, -0.2) is 4.79 Å². The molecule has 0 aliphatic rings. The summed E-state index contributed by atoms with van der Waals surface area (Å²) < 4.78 is 6.30. The minimum atomic E-state index is -1.00. The van der Waals surface area contributed by atoms with Crippen molar-refractivity contribution in [3.63, 3.8) is 0 Å². The van der Waals surface area contributed by atoms with Crippen LogP contribution in [0.5, 0.6) is 5.75 Å². The average Bonchev–Trinajstić information content (AvgIpc) is 2.71. The Bertz CT molecular complexity index is 847. The lowest BCUT2D eigenvalue weighted by molar-refractivity contribution is 0.104. The Morgan fingerprint density at radius 1 is 1.04 bits per heavy atom. The Labute approximate surface area is 173 Å². The SMILES string of the molecule is COc1cc(CN(Cc2ccccc2)C(=O)O)ccc1C(=O)C=C(SC)SC. The fourth-order valence-corrected chi connectivity index (χ4v) is 3.76. The van der Waals surface area contributed by atoms with Gasteiger partial charge < -0.3 is 9.84 Å². The summed E-state index contributed by atoms with van der Waals surface area (Å²) in [5.74, 6) is 0.298. The molecule has 1 amide bonds. The molecule has 0 fully saturated rings. The molecule has 2 rings (SSSR count). The first-order chi connectivity index (χ1) is 13.5. The highest BCUT2D eigenvalue weighted by Gasteiger charge is 2.16. The second-order valence-corrected chi connectivity index (χ2v) is 7.85. The van der Waals surface area contributed by atoms with Gasteiger partial charge in [-0.1, -0.05) is 36.4 Å². The van der Waals surface area contributed by atoms with Gasteiger partial charge >= 0.3 is 6.09 Å². The lowest BCUT2D eigenvalue weighted by Gasteiger charge is -2.20. The zero-order chi connectivity index (χ0) is 20.5. The third-order valence-corrected chi connectivity index (χ3v) is 6.08. The summed E-state index contributed by atoms with van der Waals surface area (Å²) >= 11 is 3.03. The number of amides is 1. The second-order valence-electron chi connectivity index (χ2n) is 5.89. The van der Waals surface area contributed by atoms with Crippen molar-refractivity contribution in [1.82, 2.24) is 4.90 Å². The molecule has 0 aliphatic carbocycles. The number of carboxylic acid groups (broad SMARTS) is 1. The Balaban J connectivity index is 2.23. The van der Waals surface area contributed by atoms with Crippen LogP contribution in [0.1, 0.15) is 21.5 Å². The van der Waals surface area contributed by atoms with Crippen LogP contribution in [0.25, 0.3) is 0 Å². The third-order valence-electron chi connectivity index (χ3n) is 4.04. The number of allylic oxidation sites excluding steroid dienone is 1. The third kappa shape index (κ3) is 6.07. The number of carbonyl (C=O) groups is 2. The number of benzene rings is 2. The number of carbonyl (C=O) groups excluding carboxylic acids is 1. The second kappa shape index (κ2) is 10.8. The lowest BCUT2D eigenvalue weighted by Crippen LogP contribution is -2.28. The fraction of sp³-hybridized carbons (Fsp3) is 0.238. The van der Waals surface area contributed by atoms with Crippen LogP contribution in [-0.4, -0.2) is 41.5 Å². The maximum atomic E-state index is 12.5. The Morgan fingerprint density at radius 3 is 2.25 bits per heavy atom. The van der Waals surface area contributed by atoms with Crippen molar-refractivity contribution in [3.05, 3.63) is 75.5 Å². The first-order valence-electron chi connectivity index (χ1n) is 8.51. The molecular weight excluding hydrogens is 394 g/mol. The number of nitrogens with zero attached hydrogens (tertiary/aromatic N) is 1. The van der Waals surface area contributed by atoms with E-state index >= 15 is 0 Å². The number of hydrogen-bond donors (Lipinski definition) is 1. The predicted octanol–water partition coefficient (Wildman–Crippen LogP) is 5.13. The standard InChI is InChI=1S/C21H23NO4S2/c1-26-19-11-16(9-10-17(19)18(23)12-20(27-2)28-3)14-22(21(24)25)13-15-7-5-4-6-8-15/h4-12H,13-14H2,1-3H3,(H,24,25). The normalized spacial score (nSPS) is 10.2. The molecule has 28 heavy (non-hydrogen) atoms. The molecule has 0 bridgehead atoms. The monoisotopic (exact) mass is 417 g/mol. The number of methoxy groups -OCH3 is 1. The Kier molecular flexibility index (Phi) is 8.47. The van der Waals surface area contributed by atoms with Gasteiger partial charge in [0.25, 0.3) is 0 Å². The highest BCUT2D eigenvalue weighted by atomic mass is 32.2. The highest BCUT2D eigenvalue weighted by molar-refractivity contribution is 8.21. The number of hydrogen-bond acceptors (Lipinski definition) is 5. The van der Waals surface area contributed by atoms with Gasteiger partial charge in [-0.3, -0.25) is 9.69 Å². The summed E-state index contributed by atoms with van der Waals surface area (Å²) in [4.78, 5) is 25.5. The first kappa shape index (κ1) is 21.9. The molecule has 0 saturated heterocycles. The quantitative estimate of drug-likeness (QED) is 0.451. The van der Waals surface area contributed by atoms with E-state index in [0.717, 1.165) is 15.4 Å². The van der Waals surface area contributed by atoms with Crippen molar-refractivity contribution >= 4 is 35.4 Å². The van der Waals surface area contributed by atoms with Crippen molar-refractivity contribution < 1.29 is 19.4 Å². The van der Waals surface area contributed by atoms with Crippen LogP contribution < -0.4 is 4.74 Å². The van der Waals surface area contributed by atoms with Crippen molar-refractivity contribution in [2.24, 2.45) is 0 Å². The first-order valence-corrected chi connectivity index (χ1v) is 11.0.